The van der Waals surface area contributed by atoms with Gasteiger partial charge in [-0.2, -0.15) is 0 Å². The Balaban J connectivity index is 1.52. The predicted octanol–water partition coefficient (Wildman–Crippen LogP) is 4.31. The van der Waals surface area contributed by atoms with Crippen LogP contribution in [0.2, 0.25) is 0 Å². The Morgan fingerprint density at radius 2 is 1.05 bits per heavy atom. The Morgan fingerprint density at radius 3 is 1.57 bits per heavy atom. The van der Waals surface area contributed by atoms with Gasteiger partial charge in [-0.1, -0.05) is 13.8 Å². The lowest BCUT2D eigenvalue weighted by molar-refractivity contribution is 0.123. The van der Waals surface area contributed by atoms with Crippen LogP contribution in [0.1, 0.15) is 39.5 Å². The first-order chi connectivity index (χ1) is 10.2. The molecule has 0 heterocycles. The van der Waals surface area contributed by atoms with Gasteiger partial charge in [-0.05, 0) is 114 Å². The molecule has 8 aliphatic carbocycles. The van der Waals surface area contributed by atoms with Crippen LogP contribution in [0.15, 0.2) is 0 Å². The number of fused-ring (bicyclic) bond motifs is 4. The summed E-state index contributed by atoms with van der Waals surface area (Å²) < 4.78 is 0. The van der Waals surface area contributed by atoms with Crippen molar-refractivity contribution in [1.82, 2.24) is 0 Å². The highest BCUT2D eigenvalue weighted by Crippen LogP contribution is 2.92. The van der Waals surface area contributed by atoms with Crippen LogP contribution in [-0.2, 0) is 0 Å². The van der Waals surface area contributed by atoms with Gasteiger partial charge in [0.1, 0.15) is 0 Å². The van der Waals surface area contributed by atoms with Crippen LogP contribution in [0.3, 0.4) is 0 Å². The third kappa shape index (κ3) is 0.703. The lowest BCUT2D eigenvalue weighted by atomic mass is 9.69. The predicted molar refractivity (Wildman–Crippen MR) is 81.1 cm³/mol. The van der Waals surface area contributed by atoms with Crippen molar-refractivity contribution in [2.24, 2.45) is 88.3 Å². The molecule has 0 radical (unpaired) electrons. The summed E-state index contributed by atoms with van der Waals surface area (Å²) in [5, 5.41) is 0. The van der Waals surface area contributed by atoms with Gasteiger partial charge in [0, 0.05) is 0 Å². The SMILES string of the molecule is CC1[C@H]2[C@H]3CC[C@@H]4C5[C@H]6CC[C@@H]7[C@H]1[C@@H]1[C@@H]2[C@H]([C@H]34)C5(C)[C@@H]1[C@@H]76. The molecule has 112 valence electrons. The number of hydrogen-bond acceptors (Lipinski definition) is 0. The second kappa shape index (κ2) is 2.67. The Labute approximate surface area is 128 Å². The zero-order valence-electron chi connectivity index (χ0n) is 13.4. The molecule has 0 nitrogen and oxygen atoms in total. The molecule has 8 rings (SSSR count). The minimum absolute atomic E-state index is 0.848. The van der Waals surface area contributed by atoms with E-state index < -0.39 is 0 Å². The second-order valence-corrected chi connectivity index (χ2v) is 11.1. The van der Waals surface area contributed by atoms with Crippen LogP contribution < -0.4 is 0 Å². The molecular formula is C21H28. The standard InChI is InChI=1S/C21H28/c1-7-12-8-3-5-10-14(8)19-16(12)17-13(7)9-4-6-11-15(9)20(17)21(19,2)18(10)11/h7-20H,3-6H2,1-2H3/t7?,8-,9-,10+,11+,12+,13+,14-,15+,16-,17-,18?,19+,20-,21?/m1/s1. The fourth-order valence-corrected chi connectivity index (χ4v) is 12.8. The lowest BCUT2D eigenvalue weighted by Crippen LogP contribution is -2.30. The summed E-state index contributed by atoms with van der Waals surface area (Å²) in [5.74, 6) is 16.9. The summed E-state index contributed by atoms with van der Waals surface area (Å²) in [5.41, 5.74) is 0.848. The van der Waals surface area contributed by atoms with Crippen LogP contribution in [0, 0.1) is 88.3 Å². The van der Waals surface area contributed by atoms with Gasteiger partial charge < -0.3 is 0 Å². The molecule has 0 aromatic heterocycles. The summed E-state index contributed by atoms with van der Waals surface area (Å²) in [6, 6.07) is 0. The van der Waals surface area contributed by atoms with E-state index in [-0.39, 0.29) is 0 Å². The first-order valence-electron chi connectivity index (χ1n) is 10.2. The van der Waals surface area contributed by atoms with Crippen LogP contribution >= 0.6 is 0 Å². The van der Waals surface area contributed by atoms with Crippen molar-refractivity contribution in [2.75, 3.05) is 0 Å². The molecule has 21 heavy (non-hydrogen) atoms. The Morgan fingerprint density at radius 1 is 0.571 bits per heavy atom. The van der Waals surface area contributed by atoms with E-state index >= 15 is 0 Å². The molecule has 0 saturated heterocycles. The molecule has 8 fully saturated rings. The largest absolute Gasteiger partial charge is 0.0619 e. The lowest BCUT2D eigenvalue weighted by Gasteiger charge is -2.35. The maximum atomic E-state index is 2.85. The zero-order chi connectivity index (χ0) is 13.4. The van der Waals surface area contributed by atoms with Gasteiger partial charge >= 0.3 is 0 Å². The van der Waals surface area contributed by atoms with Crippen molar-refractivity contribution in [2.45, 2.75) is 39.5 Å². The summed E-state index contributed by atoms with van der Waals surface area (Å²) in [6.45, 7) is 5.58. The summed E-state index contributed by atoms with van der Waals surface area (Å²) in [6.07, 6.45) is 6.60. The van der Waals surface area contributed by atoms with Crippen molar-refractivity contribution in [3.8, 4) is 0 Å². The van der Waals surface area contributed by atoms with E-state index in [9.17, 15) is 0 Å². The van der Waals surface area contributed by atoms with Gasteiger partial charge in [-0.15, -0.1) is 0 Å². The topological polar surface area (TPSA) is 0 Å². The van der Waals surface area contributed by atoms with E-state index in [1.54, 1.807) is 25.7 Å². The van der Waals surface area contributed by atoms with Crippen molar-refractivity contribution < 1.29 is 0 Å². The Hall–Kier alpha value is 0. The maximum Gasteiger partial charge on any atom is -0.0224 e. The van der Waals surface area contributed by atoms with Gasteiger partial charge in [-0.3, -0.25) is 0 Å². The van der Waals surface area contributed by atoms with Crippen molar-refractivity contribution in [1.29, 1.82) is 0 Å². The highest BCUT2D eigenvalue weighted by atomic mass is 14.9. The quantitative estimate of drug-likeness (QED) is 0.620. The average Bonchev–Trinajstić information content (AvgIpc) is 3.16. The third-order valence-electron chi connectivity index (χ3n) is 11.9. The molecule has 0 heteroatoms. The van der Waals surface area contributed by atoms with E-state index in [1.165, 1.54) is 76.9 Å². The molecule has 15 atom stereocenters. The number of hydrogen-bond donors (Lipinski definition) is 0. The average molecular weight is 280 g/mol. The van der Waals surface area contributed by atoms with Crippen LogP contribution in [0.25, 0.3) is 0 Å². The Bertz CT molecular complexity index is 541. The molecule has 8 aliphatic rings. The van der Waals surface area contributed by atoms with E-state index in [1.807, 2.05) is 0 Å². The van der Waals surface area contributed by atoms with E-state index in [2.05, 4.69) is 13.8 Å². The zero-order valence-corrected chi connectivity index (χ0v) is 13.4. The van der Waals surface area contributed by atoms with E-state index in [4.69, 9.17) is 0 Å². The van der Waals surface area contributed by atoms with E-state index in [0.717, 1.165) is 11.3 Å². The van der Waals surface area contributed by atoms with Crippen LogP contribution in [0.4, 0.5) is 0 Å². The summed E-state index contributed by atoms with van der Waals surface area (Å²) in [4.78, 5) is 0. The third-order valence-corrected chi connectivity index (χ3v) is 11.9. The van der Waals surface area contributed by atoms with Crippen molar-refractivity contribution in [3.05, 3.63) is 0 Å². The molecular weight excluding hydrogens is 252 g/mol. The van der Waals surface area contributed by atoms with Crippen LogP contribution in [0.5, 0.6) is 0 Å². The minimum Gasteiger partial charge on any atom is -0.0619 e. The molecule has 0 aromatic carbocycles. The van der Waals surface area contributed by atoms with Gasteiger partial charge in [-0.25, -0.2) is 0 Å². The molecule has 0 amide bonds. The summed E-state index contributed by atoms with van der Waals surface area (Å²) in [7, 11) is 0. The highest BCUT2D eigenvalue weighted by molar-refractivity contribution is 5.35. The molecule has 0 N–H and O–H groups in total. The molecule has 0 aliphatic heterocycles. The molecule has 0 aromatic rings. The van der Waals surface area contributed by atoms with Gasteiger partial charge in [0.2, 0.25) is 0 Å². The molecule has 3 unspecified atom stereocenters. The maximum absolute atomic E-state index is 2.85. The summed E-state index contributed by atoms with van der Waals surface area (Å²) >= 11 is 0. The van der Waals surface area contributed by atoms with Crippen molar-refractivity contribution in [3.63, 3.8) is 0 Å². The molecule has 0 bridgehead atoms. The smallest absolute Gasteiger partial charge is 0.0224 e. The van der Waals surface area contributed by atoms with Gasteiger partial charge in [0.05, 0.1) is 0 Å². The highest BCUT2D eigenvalue weighted by Gasteiger charge is 2.88. The van der Waals surface area contributed by atoms with Gasteiger partial charge in [0.15, 0.2) is 0 Å². The monoisotopic (exact) mass is 280 g/mol. The normalized spacial score (nSPS) is 86.0. The Kier molecular flexibility index (Phi) is 1.36. The number of rotatable bonds is 0. The van der Waals surface area contributed by atoms with Crippen LogP contribution in [-0.4, -0.2) is 0 Å². The van der Waals surface area contributed by atoms with Crippen molar-refractivity contribution >= 4 is 0 Å². The fraction of sp³-hybridized carbons (Fsp3) is 1.00. The van der Waals surface area contributed by atoms with Gasteiger partial charge in [0.25, 0.3) is 0 Å². The molecule has 8 saturated carbocycles. The fourth-order valence-electron chi connectivity index (χ4n) is 12.8. The molecule has 0 spiro atoms. The minimum atomic E-state index is 0.848. The van der Waals surface area contributed by atoms with E-state index in [0.29, 0.717) is 0 Å². The first-order valence-corrected chi connectivity index (χ1v) is 10.2. The second-order valence-electron chi connectivity index (χ2n) is 11.1. The first kappa shape index (κ1) is 10.7.